The van der Waals surface area contributed by atoms with Gasteiger partial charge >= 0.3 is 0 Å². The number of methoxy groups -OCH3 is 1. The molecule has 2 rings (SSSR count). The van der Waals surface area contributed by atoms with Crippen molar-refractivity contribution in [3.8, 4) is 5.75 Å². The van der Waals surface area contributed by atoms with E-state index in [0.29, 0.717) is 10.8 Å². The van der Waals surface area contributed by atoms with Crippen LogP contribution in [0.5, 0.6) is 5.75 Å². The molecular formula is C10H10ClNO2. The van der Waals surface area contributed by atoms with Gasteiger partial charge in [0.15, 0.2) is 0 Å². The molecule has 0 fully saturated rings. The van der Waals surface area contributed by atoms with Crippen LogP contribution in [0.15, 0.2) is 30.5 Å². The molecule has 0 saturated carbocycles. The fourth-order valence-corrected chi connectivity index (χ4v) is 1.53. The molecule has 1 aromatic rings. The molecule has 0 spiro atoms. The lowest BCUT2D eigenvalue weighted by Gasteiger charge is -2.17. The molecule has 4 heteroatoms. The molecule has 1 aliphatic rings. The van der Waals surface area contributed by atoms with Crippen LogP contribution in [-0.4, -0.2) is 13.7 Å². The molecule has 0 N–H and O–H groups in total. The second kappa shape index (κ2) is 3.80. The summed E-state index contributed by atoms with van der Waals surface area (Å²) in [6.07, 6.45) is 3.58. The lowest BCUT2D eigenvalue weighted by molar-refractivity contribution is 0.246. The Kier molecular flexibility index (Phi) is 2.50. The van der Waals surface area contributed by atoms with Crippen LogP contribution < -0.4 is 9.80 Å². The summed E-state index contributed by atoms with van der Waals surface area (Å²) < 4.78 is 5.06. The monoisotopic (exact) mass is 211 g/mol. The summed E-state index contributed by atoms with van der Waals surface area (Å²) in [7, 11) is 1.59. The summed E-state index contributed by atoms with van der Waals surface area (Å²) in [5.41, 5.74) is 0.917. The van der Waals surface area contributed by atoms with E-state index in [9.17, 15) is 0 Å². The first-order chi connectivity index (χ1) is 6.81. The summed E-state index contributed by atoms with van der Waals surface area (Å²) in [6.45, 7) is 0.739. The molecule has 3 nitrogen and oxygen atoms in total. The highest BCUT2D eigenvalue weighted by Crippen LogP contribution is 2.29. The van der Waals surface area contributed by atoms with Gasteiger partial charge in [0.05, 0.1) is 24.4 Å². The van der Waals surface area contributed by atoms with Crippen molar-refractivity contribution in [2.45, 2.75) is 0 Å². The van der Waals surface area contributed by atoms with Gasteiger partial charge in [-0.2, -0.15) is 0 Å². The van der Waals surface area contributed by atoms with Crippen molar-refractivity contribution in [2.24, 2.45) is 0 Å². The molecule has 1 aliphatic heterocycles. The SMILES string of the molecule is COc1ccc(N2CC=CO2)cc1Cl. The predicted octanol–water partition coefficient (Wildman–Crippen LogP) is 2.61. The number of hydrogen-bond donors (Lipinski definition) is 0. The maximum Gasteiger partial charge on any atom is 0.137 e. The molecule has 1 heterocycles. The lowest BCUT2D eigenvalue weighted by Crippen LogP contribution is -2.16. The zero-order chi connectivity index (χ0) is 9.97. The van der Waals surface area contributed by atoms with Crippen LogP contribution in [0.1, 0.15) is 0 Å². The largest absolute Gasteiger partial charge is 0.495 e. The minimum Gasteiger partial charge on any atom is -0.495 e. The van der Waals surface area contributed by atoms with Gasteiger partial charge in [0, 0.05) is 0 Å². The maximum atomic E-state index is 5.98. The van der Waals surface area contributed by atoms with Crippen molar-refractivity contribution < 1.29 is 9.57 Å². The first kappa shape index (κ1) is 9.21. The van der Waals surface area contributed by atoms with Crippen molar-refractivity contribution >= 4 is 17.3 Å². The van der Waals surface area contributed by atoms with E-state index in [1.807, 2.05) is 24.3 Å². The fourth-order valence-electron chi connectivity index (χ4n) is 1.27. The molecule has 0 atom stereocenters. The first-order valence-electron chi connectivity index (χ1n) is 4.24. The van der Waals surface area contributed by atoms with Gasteiger partial charge in [-0.15, -0.1) is 0 Å². The number of hydrogen-bond acceptors (Lipinski definition) is 3. The van der Waals surface area contributed by atoms with Gasteiger partial charge in [0.1, 0.15) is 12.0 Å². The van der Waals surface area contributed by atoms with E-state index in [1.165, 1.54) is 0 Å². The quantitative estimate of drug-likeness (QED) is 0.751. The van der Waals surface area contributed by atoms with Crippen LogP contribution in [0.25, 0.3) is 0 Å². The van der Waals surface area contributed by atoms with Crippen LogP contribution in [0.2, 0.25) is 5.02 Å². The highest BCUT2D eigenvalue weighted by molar-refractivity contribution is 6.32. The number of anilines is 1. The highest BCUT2D eigenvalue weighted by Gasteiger charge is 2.11. The van der Waals surface area contributed by atoms with Gasteiger partial charge in [-0.1, -0.05) is 11.6 Å². The number of rotatable bonds is 2. The standard InChI is InChI=1S/C10H10ClNO2/c1-13-10-4-3-8(7-9(10)11)12-5-2-6-14-12/h2-4,6-7H,5H2,1H3. The maximum absolute atomic E-state index is 5.98. The minimum atomic E-state index is 0.584. The van der Waals surface area contributed by atoms with Crippen LogP contribution in [0.3, 0.4) is 0 Å². The Balaban J connectivity index is 2.23. The van der Waals surface area contributed by atoms with E-state index in [-0.39, 0.29) is 0 Å². The first-order valence-corrected chi connectivity index (χ1v) is 4.62. The Morgan fingerprint density at radius 2 is 2.36 bits per heavy atom. The Bertz CT molecular complexity index is 357. The number of benzene rings is 1. The Morgan fingerprint density at radius 1 is 1.50 bits per heavy atom. The molecule has 0 aromatic heterocycles. The second-order valence-corrected chi connectivity index (χ2v) is 3.26. The summed E-state index contributed by atoms with van der Waals surface area (Å²) in [4.78, 5) is 5.22. The van der Waals surface area contributed by atoms with Crippen molar-refractivity contribution in [3.63, 3.8) is 0 Å². The van der Waals surface area contributed by atoms with Crippen LogP contribution in [-0.2, 0) is 4.84 Å². The van der Waals surface area contributed by atoms with Gasteiger partial charge in [-0.05, 0) is 24.3 Å². The Morgan fingerprint density at radius 3 is 2.93 bits per heavy atom. The highest BCUT2D eigenvalue weighted by atomic mass is 35.5. The average Bonchev–Trinajstić information content (AvgIpc) is 2.70. The Labute approximate surface area is 87.4 Å². The molecule has 1 aromatic carbocycles. The third-order valence-corrected chi connectivity index (χ3v) is 2.27. The number of ether oxygens (including phenoxy) is 1. The van der Waals surface area contributed by atoms with Gasteiger partial charge in [-0.25, -0.2) is 5.06 Å². The molecular weight excluding hydrogens is 202 g/mol. The van der Waals surface area contributed by atoms with Crippen molar-refractivity contribution in [1.29, 1.82) is 0 Å². The summed E-state index contributed by atoms with van der Waals surface area (Å²) in [5.74, 6) is 0.669. The topological polar surface area (TPSA) is 21.7 Å². The molecule has 0 amide bonds. The van der Waals surface area contributed by atoms with Crippen LogP contribution in [0.4, 0.5) is 5.69 Å². The van der Waals surface area contributed by atoms with E-state index in [1.54, 1.807) is 18.4 Å². The van der Waals surface area contributed by atoms with Crippen molar-refractivity contribution in [3.05, 3.63) is 35.6 Å². The van der Waals surface area contributed by atoms with Gasteiger partial charge in [0.2, 0.25) is 0 Å². The fraction of sp³-hybridized carbons (Fsp3) is 0.200. The summed E-state index contributed by atoms with van der Waals surface area (Å²) >= 11 is 5.98. The Hall–Kier alpha value is -1.35. The molecule has 74 valence electrons. The molecule has 0 unspecified atom stereocenters. The van der Waals surface area contributed by atoms with E-state index in [0.717, 1.165) is 12.2 Å². The van der Waals surface area contributed by atoms with E-state index in [4.69, 9.17) is 21.2 Å². The number of hydroxylamine groups is 1. The minimum absolute atomic E-state index is 0.584. The van der Waals surface area contributed by atoms with E-state index >= 15 is 0 Å². The summed E-state index contributed by atoms with van der Waals surface area (Å²) in [6, 6.07) is 5.53. The van der Waals surface area contributed by atoms with E-state index < -0.39 is 0 Å². The van der Waals surface area contributed by atoms with Crippen LogP contribution >= 0.6 is 11.6 Å². The van der Waals surface area contributed by atoms with Gasteiger partial charge < -0.3 is 9.57 Å². The average molecular weight is 212 g/mol. The summed E-state index contributed by atoms with van der Waals surface area (Å²) in [5, 5.41) is 2.33. The molecule has 0 bridgehead atoms. The number of halogens is 1. The van der Waals surface area contributed by atoms with Crippen molar-refractivity contribution in [1.82, 2.24) is 0 Å². The van der Waals surface area contributed by atoms with Gasteiger partial charge in [-0.3, -0.25) is 0 Å². The number of nitrogens with zero attached hydrogens (tertiary/aromatic N) is 1. The molecule has 0 saturated heterocycles. The third-order valence-electron chi connectivity index (χ3n) is 1.98. The smallest absolute Gasteiger partial charge is 0.137 e. The molecule has 0 radical (unpaired) electrons. The van der Waals surface area contributed by atoms with E-state index in [2.05, 4.69) is 0 Å². The predicted molar refractivity (Wildman–Crippen MR) is 55.6 cm³/mol. The van der Waals surface area contributed by atoms with Crippen LogP contribution in [0, 0.1) is 0 Å². The second-order valence-electron chi connectivity index (χ2n) is 2.86. The third kappa shape index (κ3) is 1.63. The van der Waals surface area contributed by atoms with Crippen molar-refractivity contribution in [2.75, 3.05) is 18.7 Å². The lowest BCUT2D eigenvalue weighted by atomic mass is 10.3. The molecule has 14 heavy (non-hydrogen) atoms. The zero-order valence-corrected chi connectivity index (χ0v) is 8.49. The zero-order valence-electron chi connectivity index (χ0n) is 7.74. The van der Waals surface area contributed by atoms with Gasteiger partial charge in [0.25, 0.3) is 0 Å². The normalized spacial score (nSPS) is 14.3. The molecule has 0 aliphatic carbocycles.